The molecule has 0 aromatic heterocycles. The topological polar surface area (TPSA) is 64.8 Å². The Labute approximate surface area is 144 Å². The number of nitrogens with zero attached hydrogens (tertiary/aromatic N) is 1. The molecule has 3 rings (SSSR count). The van der Waals surface area contributed by atoms with Crippen LogP contribution in [-0.2, 0) is 27.4 Å². The highest BCUT2D eigenvalue weighted by Crippen LogP contribution is 2.33. The molecular formula is C19H28N2O3. The number of likely N-dealkylation sites (tertiary alicyclic amines) is 1. The van der Waals surface area contributed by atoms with Crippen LogP contribution in [-0.4, -0.2) is 43.7 Å². The molecule has 0 unspecified atom stereocenters. The molecular weight excluding hydrogens is 304 g/mol. The molecule has 5 heteroatoms. The van der Waals surface area contributed by atoms with Crippen LogP contribution in [0.3, 0.4) is 0 Å². The molecule has 2 fully saturated rings. The quantitative estimate of drug-likeness (QED) is 0.864. The Balaban J connectivity index is 1.49. The van der Waals surface area contributed by atoms with E-state index in [1.165, 1.54) is 11.1 Å². The number of piperidine rings is 1. The Hall–Kier alpha value is -1.43. The number of ether oxygens (including phenoxy) is 2. The summed E-state index contributed by atoms with van der Waals surface area (Å²) in [6.45, 7) is 4.41. The van der Waals surface area contributed by atoms with Gasteiger partial charge in [-0.05, 0) is 49.4 Å². The van der Waals surface area contributed by atoms with Crippen LogP contribution < -0.4 is 5.73 Å². The number of carbonyl (C=O) groups is 1. The van der Waals surface area contributed by atoms with Gasteiger partial charge in [0.25, 0.3) is 0 Å². The number of amides is 1. The van der Waals surface area contributed by atoms with Crippen LogP contribution in [0.2, 0.25) is 0 Å². The van der Waals surface area contributed by atoms with Crippen molar-refractivity contribution in [2.45, 2.75) is 38.5 Å². The van der Waals surface area contributed by atoms with Crippen LogP contribution in [0.5, 0.6) is 0 Å². The Morgan fingerprint density at radius 3 is 2.50 bits per heavy atom. The molecule has 2 atom stereocenters. The van der Waals surface area contributed by atoms with Gasteiger partial charge in [-0.15, -0.1) is 0 Å². The smallest absolute Gasteiger partial charge is 0.223 e. The van der Waals surface area contributed by atoms with Crippen LogP contribution in [0.1, 0.15) is 30.4 Å². The number of hydrogen-bond acceptors (Lipinski definition) is 4. The maximum absolute atomic E-state index is 11.6. The highest BCUT2D eigenvalue weighted by Gasteiger charge is 2.39. The van der Waals surface area contributed by atoms with E-state index in [-0.39, 0.29) is 17.9 Å². The normalized spacial score (nSPS) is 25.9. The molecule has 1 amide bonds. The van der Waals surface area contributed by atoms with Crippen LogP contribution in [0.25, 0.3) is 0 Å². The Kier molecular flexibility index (Phi) is 5.87. The molecule has 1 aromatic carbocycles. The zero-order valence-electron chi connectivity index (χ0n) is 14.4. The van der Waals surface area contributed by atoms with Gasteiger partial charge in [-0.2, -0.15) is 0 Å². The first kappa shape index (κ1) is 17.4. The number of methoxy groups -OCH3 is 1. The van der Waals surface area contributed by atoms with Gasteiger partial charge >= 0.3 is 0 Å². The molecule has 5 nitrogen and oxygen atoms in total. The molecule has 132 valence electrons. The predicted molar refractivity (Wildman–Crippen MR) is 92.2 cm³/mol. The van der Waals surface area contributed by atoms with Crippen molar-refractivity contribution >= 4 is 5.91 Å². The summed E-state index contributed by atoms with van der Waals surface area (Å²) < 4.78 is 11.0. The number of carbonyl (C=O) groups excluding carboxylic acids is 1. The van der Waals surface area contributed by atoms with Crippen molar-refractivity contribution in [2.24, 2.45) is 17.6 Å². The molecule has 0 saturated carbocycles. The van der Waals surface area contributed by atoms with Gasteiger partial charge in [0.1, 0.15) is 0 Å². The SMILES string of the molecule is COCc1ccc(CN2CCC([C@H]3OCC[C@@H]3C(N)=O)CC2)cc1. The van der Waals surface area contributed by atoms with Crippen molar-refractivity contribution in [1.29, 1.82) is 0 Å². The second kappa shape index (κ2) is 8.10. The van der Waals surface area contributed by atoms with E-state index in [0.29, 0.717) is 19.1 Å². The third-order valence-electron chi connectivity index (χ3n) is 5.34. The van der Waals surface area contributed by atoms with E-state index in [9.17, 15) is 4.79 Å². The summed E-state index contributed by atoms with van der Waals surface area (Å²) in [7, 11) is 1.72. The average Bonchev–Trinajstić information content (AvgIpc) is 3.08. The molecule has 0 spiro atoms. The molecule has 2 aliphatic rings. The van der Waals surface area contributed by atoms with Gasteiger partial charge in [0.15, 0.2) is 0 Å². The zero-order chi connectivity index (χ0) is 16.9. The Bertz CT molecular complexity index is 538. The van der Waals surface area contributed by atoms with Gasteiger partial charge in [-0.1, -0.05) is 24.3 Å². The van der Waals surface area contributed by atoms with Gasteiger partial charge in [0.05, 0.1) is 18.6 Å². The third-order valence-corrected chi connectivity index (χ3v) is 5.34. The fourth-order valence-electron chi connectivity index (χ4n) is 3.99. The summed E-state index contributed by atoms with van der Waals surface area (Å²) in [5.74, 6) is 0.177. The number of benzene rings is 1. The first-order chi connectivity index (χ1) is 11.7. The standard InChI is InChI=1S/C19H28N2O3/c1-23-13-15-4-2-14(3-5-15)12-21-9-6-16(7-10-21)18-17(19(20)22)8-11-24-18/h2-5,16-18H,6-13H2,1H3,(H2,20,22)/t17-,18+/m0/s1. The number of rotatable bonds is 6. The van der Waals surface area contributed by atoms with Crippen LogP contribution in [0.15, 0.2) is 24.3 Å². The van der Waals surface area contributed by atoms with Gasteiger partial charge < -0.3 is 15.2 Å². The van der Waals surface area contributed by atoms with E-state index < -0.39 is 0 Å². The summed E-state index contributed by atoms with van der Waals surface area (Å²) in [6, 6.07) is 8.64. The van der Waals surface area contributed by atoms with Crippen LogP contribution >= 0.6 is 0 Å². The second-order valence-corrected chi connectivity index (χ2v) is 7.00. The molecule has 2 N–H and O–H groups in total. The molecule has 24 heavy (non-hydrogen) atoms. The number of nitrogens with two attached hydrogens (primary N) is 1. The van der Waals surface area contributed by atoms with Crippen molar-refractivity contribution in [3.8, 4) is 0 Å². The molecule has 2 heterocycles. The first-order valence-corrected chi connectivity index (χ1v) is 8.87. The molecule has 0 radical (unpaired) electrons. The fourth-order valence-corrected chi connectivity index (χ4v) is 3.99. The maximum atomic E-state index is 11.6. The fraction of sp³-hybridized carbons (Fsp3) is 0.632. The predicted octanol–water partition coefficient (Wildman–Crippen LogP) is 1.94. The van der Waals surface area contributed by atoms with Gasteiger partial charge in [0, 0.05) is 20.3 Å². The van der Waals surface area contributed by atoms with E-state index in [4.69, 9.17) is 15.2 Å². The number of hydrogen-bond donors (Lipinski definition) is 1. The lowest BCUT2D eigenvalue weighted by Crippen LogP contribution is -2.41. The van der Waals surface area contributed by atoms with E-state index in [2.05, 4.69) is 29.2 Å². The minimum absolute atomic E-state index is 0.0398. The van der Waals surface area contributed by atoms with E-state index >= 15 is 0 Å². The van der Waals surface area contributed by atoms with Crippen LogP contribution in [0.4, 0.5) is 0 Å². The summed E-state index contributed by atoms with van der Waals surface area (Å²) in [6.07, 6.45) is 2.98. The molecule has 2 aliphatic heterocycles. The van der Waals surface area contributed by atoms with Crippen LogP contribution in [0, 0.1) is 11.8 Å². The minimum atomic E-state index is -0.198. The molecule has 0 aliphatic carbocycles. The minimum Gasteiger partial charge on any atom is -0.380 e. The summed E-state index contributed by atoms with van der Waals surface area (Å²) in [5.41, 5.74) is 8.06. The first-order valence-electron chi connectivity index (χ1n) is 8.87. The van der Waals surface area contributed by atoms with Gasteiger partial charge in [-0.3, -0.25) is 9.69 Å². The molecule has 1 aromatic rings. The largest absolute Gasteiger partial charge is 0.380 e. The van der Waals surface area contributed by atoms with E-state index in [0.717, 1.165) is 38.9 Å². The van der Waals surface area contributed by atoms with Crippen molar-refractivity contribution < 1.29 is 14.3 Å². The Morgan fingerprint density at radius 2 is 1.88 bits per heavy atom. The lowest BCUT2D eigenvalue weighted by Gasteiger charge is -2.35. The summed E-state index contributed by atoms with van der Waals surface area (Å²) in [5, 5.41) is 0. The van der Waals surface area contributed by atoms with Crippen molar-refractivity contribution in [2.75, 3.05) is 26.8 Å². The summed E-state index contributed by atoms with van der Waals surface area (Å²) >= 11 is 0. The number of primary amides is 1. The van der Waals surface area contributed by atoms with Crippen molar-refractivity contribution in [1.82, 2.24) is 4.90 Å². The maximum Gasteiger partial charge on any atom is 0.223 e. The highest BCUT2D eigenvalue weighted by molar-refractivity contribution is 5.77. The monoisotopic (exact) mass is 332 g/mol. The molecule has 0 bridgehead atoms. The van der Waals surface area contributed by atoms with Crippen molar-refractivity contribution in [3.05, 3.63) is 35.4 Å². The Morgan fingerprint density at radius 1 is 1.21 bits per heavy atom. The third kappa shape index (κ3) is 4.15. The van der Waals surface area contributed by atoms with E-state index in [1.807, 2.05) is 0 Å². The van der Waals surface area contributed by atoms with Gasteiger partial charge in [0.2, 0.25) is 5.91 Å². The lowest BCUT2D eigenvalue weighted by molar-refractivity contribution is -0.124. The van der Waals surface area contributed by atoms with E-state index in [1.54, 1.807) is 7.11 Å². The summed E-state index contributed by atoms with van der Waals surface area (Å²) in [4.78, 5) is 14.0. The lowest BCUT2D eigenvalue weighted by atomic mass is 9.84. The average molecular weight is 332 g/mol. The zero-order valence-corrected chi connectivity index (χ0v) is 14.4. The second-order valence-electron chi connectivity index (χ2n) is 7.00. The van der Waals surface area contributed by atoms with Gasteiger partial charge in [-0.25, -0.2) is 0 Å². The molecule has 2 saturated heterocycles. The van der Waals surface area contributed by atoms with Crippen molar-refractivity contribution in [3.63, 3.8) is 0 Å². The highest BCUT2D eigenvalue weighted by atomic mass is 16.5.